The number of amides is 2. The van der Waals surface area contributed by atoms with Crippen molar-refractivity contribution in [1.29, 1.82) is 0 Å². The van der Waals surface area contributed by atoms with Crippen molar-refractivity contribution in [3.63, 3.8) is 0 Å². The van der Waals surface area contributed by atoms with Gasteiger partial charge in [-0.3, -0.25) is 19.7 Å². The number of nitro benzene ring substituents is 1. The van der Waals surface area contributed by atoms with Gasteiger partial charge in [-0.25, -0.2) is 0 Å². The van der Waals surface area contributed by atoms with Crippen molar-refractivity contribution in [3.8, 4) is 0 Å². The summed E-state index contributed by atoms with van der Waals surface area (Å²) in [6, 6.07) is 19.5. The molecular weight excluding hydrogens is 530 g/mol. The number of para-hydroxylation sites is 1. The quantitative estimate of drug-likeness (QED) is 0.242. The molecule has 9 heteroatoms. The SMILES string of the molecule is O=C(Nc1ccccc1Br)C(=Cc1ccc([N+](=O)[O-])cc1)NC(=O)c1ccccc1Br. The Morgan fingerprint density at radius 1 is 0.871 bits per heavy atom. The van der Waals surface area contributed by atoms with Crippen LogP contribution < -0.4 is 10.6 Å². The lowest BCUT2D eigenvalue weighted by Gasteiger charge is -2.13. The first kappa shape index (κ1) is 22.4. The van der Waals surface area contributed by atoms with E-state index in [4.69, 9.17) is 0 Å². The molecule has 2 N–H and O–H groups in total. The Hall–Kier alpha value is -3.30. The van der Waals surface area contributed by atoms with Crippen LogP contribution in [0.4, 0.5) is 11.4 Å². The highest BCUT2D eigenvalue weighted by atomic mass is 79.9. The van der Waals surface area contributed by atoms with E-state index in [1.807, 2.05) is 6.07 Å². The van der Waals surface area contributed by atoms with E-state index in [0.717, 1.165) is 0 Å². The molecule has 0 bridgehead atoms. The number of carbonyl (C=O) groups excluding carboxylic acids is 2. The predicted octanol–water partition coefficient (Wildman–Crippen LogP) is 5.53. The minimum absolute atomic E-state index is 0.0228. The van der Waals surface area contributed by atoms with E-state index >= 15 is 0 Å². The maximum atomic E-state index is 13.0. The van der Waals surface area contributed by atoms with Crippen molar-refractivity contribution >= 4 is 61.1 Å². The molecule has 3 rings (SSSR count). The van der Waals surface area contributed by atoms with Gasteiger partial charge < -0.3 is 10.6 Å². The number of hydrogen-bond donors (Lipinski definition) is 2. The van der Waals surface area contributed by atoms with Crippen LogP contribution in [-0.4, -0.2) is 16.7 Å². The maximum absolute atomic E-state index is 13.0. The predicted molar refractivity (Wildman–Crippen MR) is 125 cm³/mol. The van der Waals surface area contributed by atoms with Gasteiger partial charge in [-0.15, -0.1) is 0 Å². The summed E-state index contributed by atoms with van der Waals surface area (Å²) in [7, 11) is 0. The van der Waals surface area contributed by atoms with Crippen LogP contribution in [0.15, 0.2) is 87.4 Å². The van der Waals surface area contributed by atoms with Crippen LogP contribution in [0, 0.1) is 10.1 Å². The van der Waals surface area contributed by atoms with Gasteiger partial charge in [-0.1, -0.05) is 24.3 Å². The lowest BCUT2D eigenvalue weighted by molar-refractivity contribution is -0.384. The third-order valence-corrected chi connectivity index (χ3v) is 5.53. The number of halogens is 2. The van der Waals surface area contributed by atoms with Crippen LogP contribution >= 0.6 is 31.9 Å². The molecule has 0 spiro atoms. The van der Waals surface area contributed by atoms with Gasteiger partial charge in [0.2, 0.25) is 0 Å². The molecule has 0 fully saturated rings. The molecule has 0 atom stereocenters. The number of nitrogens with zero attached hydrogens (tertiary/aromatic N) is 1. The van der Waals surface area contributed by atoms with Gasteiger partial charge in [0.05, 0.1) is 16.2 Å². The average Bonchev–Trinajstić information content (AvgIpc) is 2.75. The van der Waals surface area contributed by atoms with Crippen molar-refractivity contribution in [2.24, 2.45) is 0 Å². The number of hydrogen-bond acceptors (Lipinski definition) is 4. The zero-order valence-electron chi connectivity index (χ0n) is 15.8. The summed E-state index contributed by atoms with van der Waals surface area (Å²) in [5, 5.41) is 16.2. The Morgan fingerprint density at radius 2 is 1.48 bits per heavy atom. The highest BCUT2D eigenvalue weighted by Gasteiger charge is 2.17. The fraction of sp³-hybridized carbons (Fsp3) is 0. The summed E-state index contributed by atoms with van der Waals surface area (Å²) in [6.45, 7) is 0. The van der Waals surface area contributed by atoms with Gasteiger partial charge in [0.25, 0.3) is 17.5 Å². The molecule has 0 aliphatic heterocycles. The molecule has 0 saturated heterocycles. The van der Waals surface area contributed by atoms with Gasteiger partial charge in [0.1, 0.15) is 5.70 Å². The number of carbonyl (C=O) groups is 2. The smallest absolute Gasteiger partial charge is 0.272 e. The minimum Gasteiger partial charge on any atom is -0.320 e. The Morgan fingerprint density at radius 3 is 2.10 bits per heavy atom. The number of benzene rings is 3. The molecule has 0 saturated carbocycles. The molecule has 2 amide bonds. The molecule has 7 nitrogen and oxygen atoms in total. The lowest BCUT2D eigenvalue weighted by atomic mass is 10.1. The minimum atomic E-state index is -0.550. The molecule has 0 heterocycles. The molecule has 156 valence electrons. The number of rotatable bonds is 6. The molecule has 0 radical (unpaired) electrons. The second kappa shape index (κ2) is 10.1. The first-order valence-electron chi connectivity index (χ1n) is 8.93. The lowest BCUT2D eigenvalue weighted by Crippen LogP contribution is -2.31. The Balaban J connectivity index is 1.93. The number of nitrogens with one attached hydrogen (secondary N) is 2. The van der Waals surface area contributed by atoms with Gasteiger partial charge in [0.15, 0.2) is 0 Å². The fourth-order valence-electron chi connectivity index (χ4n) is 2.60. The van der Waals surface area contributed by atoms with Gasteiger partial charge in [-0.05, 0) is 79.9 Å². The van der Waals surface area contributed by atoms with Crippen LogP contribution in [0.3, 0.4) is 0 Å². The van der Waals surface area contributed by atoms with E-state index < -0.39 is 16.7 Å². The molecule has 0 aliphatic rings. The molecule has 31 heavy (non-hydrogen) atoms. The van der Waals surface area contributed by atoms with Crippen molar-refractivity contribution in [2.45, 2.75) is 0 Å². The highest BCUT2D eigenvalue weighted by molar-refractivity contribution is 9.11. The van der Waals surface area contributed by atoms with Crippen LogP contribution in [0.25, 0.3) is 6.08 Å². The standard InChI is InChI=1S/C22H15Br2N3O4/c23-17-6-2-1-5-16(17)21(28)26-20(13-14-9-11-15(12-10-14)27(30)31)22(29)25-19-8-4-3-7-18(19)24/h1-13H,(H,25,29)(H,26,28). The fourth-order valence-corrected chi connectivity index (χ4v) is 3.45. The largest absolute Gasteiger partial charge is 0.320 e. The second-order valence-corrected chi connectivity index (χ2v) is 7.98. The Bertz CT molecular complexity index is 1180. The van der Waals surface area contributed by atoms with Crippen LogP contribution in [-0.2, 0) is 4.79 Å². The van der Waals surface area contributed by atoms with Gasteiger partial charge in [0, 0.05) is 21.1 Å². The zero-order chi connectivity index (χ0) is 22.4. The van der Waals surface area contributed by atoms with Crippen molar-refractivity contribution in [3.05, 3.63) is 109 Å². The summed E-state index contributed by atoms with van der Waals surface area (Å²) in [4.78, 5) is 36.1. The first-order valence-corrected chi connectivity index (χ1v) is 10.5. The molecule has 0 aliphatic carbocycles. The van der Waals surface area contributed by atoms with E-state index in [2.05, 4.69) is 42.5 Å². The van der Waals surface area contributed by atoms with E-state index in [0.29, 0.717) is 25.8 Å². The number of anilines is 1. The highest BCUT2D eigenvalue weighted by Crippen LogP contribution is 2.22. The molecule has 3 aromatic rings. The molecule has 3 aromatic carbocycles. The second-order valence-electron chi connectivity index (χ2n) is 6.27. The van der Waals surface area contributed by atoms with E-state index in [1.54, 1.807) is 42.5 Å². The van der Waals surface area contributed by atoms with Crippen LogP contribution in [0.1, 0.15) is 15.9 Å². The summed E-state index contributed by atoms with van der Waals surface area (Å²) < 4.78 is 1.25. The average molecular weight is 545 g/mol. The number of non-ortho nitro benzene ring substituents is 1. The first-order chi connectivity index (χ1) is 14.8. The summed E-state index contributed by atoms with van der Waals surface area (Å²) in [5.74, 6) is -1.03. The molecule has 0 unspecified atom stereocenters. The normalized spacial score (nSPS) is 11.0. The Kier molecular flexibility index (Phi) is 7.32. The molecule has 0 aromatic heterocycles. The summed E-state index contributed by atoms with van der Waals surface area (Å²) >= 11 is 6.69. The third kappa shape index (κ3) is 5.87. The van der Waals surface area contributed by atoms with E-state index in [-0.39, 0.29) is 11.4 Å². The van der Waals surface area contributed by atoms with Crippen molar-refractivity contribution < 1.29 is 14.5 Å². The zero-order valence-corrected chi connectivity index (χ0v) is 19.0. The summed E-state index contributed by atoms with van der Waals surface area (Å²) in [5.41, 5.74) is 1.29. The summed E-state index contributed by atoms with van der Waals surface area (Å²) in [6.07, 6.45) is 1.45. The van der Waals surface area contributed by atoms with Gasteiger partial charge in [-0.2, -0.15) is 0 Å². The van der Waals surface area contributed by atoms with Crippen LogP contribution in [0.5, 0.6) is 0 Å². The van der Waals surface area contributed by atoms with Crippen molar-refractivity contribution in [1.82, 2.24) is 5.32 Å². The van der Waals surface area contributed by atoms with Crippen molar-refractivity contribution in [2.75, 3.05) is 5.32 Å². The number of nitro groups is 1. The van der Waals surface area contributed by atoms with Gasteiger partial charge >= 0.3 is 0 Å². The maximum Gasteiger partial charge on any atom is 0.272 e. The monoisotopic (exact) mass is 543 g/mol. The third-order valence-electron chi connectivity index (χ3n) is 4.15. The van der Waals surface area contributed by atoms with Crippen LogP contribution in [0.2, 0.25) is 0 Å². The Labute approximate surface area is 194 Å². The topological polar surface area (TPSA) is 101 Å². The van der Waals surface area contributed by atoms with E-state index in [1.165, 1.54) is 30.3 Å². The molecular formula is C22H15Br2N3O4. The van der Waals surface area contributed by atoms with E-state index in [9.17, 15) is 19.7 Å².